The second-order valence-corrected chi connectivity index (χ2v) is 4.76. The fraction of sp³-hybridized carbons (Fsp3) is 0.417. The smallest absolute Gasteiger partial charge is 0.308 e. The zero-order chi connectivity index (χ0) is 12.5. The molecule has 0 fully saturated rings. The molecule has 0 amide bonds. The topological polar surface area (TPSA) is 58.6 Å². The molecule has 5 heteroatoms. The van der Waals surface area contributed by atoms with Crippen molar-refractivity contribution in [1.82, 2.24) is 5.32 Å². The van der Waals surface area contributed by atoms with Gasteiger partial charge >= 0.3 is 5.97 Å². The first-order chi connectivity index (χ1) is 8.22. The summed E-state index contributed by atoms with van der Waals surface area (Å²) in [6, 6.07) is 3.84. The summed E-state index contributed by atoms with van der Waals surface area (Å²) in [5, 5.41) is 11.9. The fourth-order valence-electron chi connectivity index (χ4n) is 1.34. The van der Waals surface area contributed by atoms with Gasteiger partial charge in [-0.2, -0.15) is 0 Å². The van der Waals surface area contributed by atoms with Gasteiger partial charge in [-0.3, -0.25) is 4.79 Å². The molecule has 0 spiro atoms. The van der Waals surface area contributed by atoms with Crippen LogP contribution in [0.2, 0.25) is 0 Å². The summed E-state index contributed by atoms with van der Waals surface area (Å²) in [5.74, 6) is -0.784. The summed E-state index contributed by atoms with van der Waals surface area (Å²) in [7, 11) is 0. The number of ether oxygens (including phenoxy) is 1. The zero-order valence-corrected chi connectivity index (χ0v) is 10.5. The first-order valence-corrected chi connectivity index (χ1v) is 6.26. The molecule has 1 heterocycles. The molecule has 0 saturated heterocycles. The molecule has 0 aliphatic heterocycles. The quantitative estimate of drug-likeness (QED) is 0.523. The first-order valence-electron chi connectivity index (χ1n) is 5.45. The molecule has 4 nitrogen and oxygen atoms in total. The van der Waals surface area contributed by atoms with E-state index in [1.54, 1.807) is 0 Å². The van der Waals surface area contributed by atoms with Gasteiger partial charge in [0.25, 0.3) is 0 Å². The molecular weight excluding hydrogens is 238 g/mol. The molecule has 0 aromatic carbocycles. The number of hydrogen-bond acceptors (Lipinski definition) is 4. The Hall–Kier alpha value is -1.33. The van der Waals surface area contributed by atoms with Crippen molar-refractivity contribution in [2.75, 3.05) is 13.2 Å². The van der Waals surface area contributed by atoms with Gasteiger partial charge in [0, 0.05) is 16.3 Å². The third kappa shape index (κ3) is 6.09. The second kappa shape index (κ2) is 7.86. The van der Waals surface area contributed by atoms with Crippen molar-refractivity contribution in [3.05, 3.63) is 34.7 Å². The van der Waals surface area contributed by atoms with Crippen LogP contribution < -0.4 is 5.32 Å². The number of thiophene rings is 1. The van der Waals surface area contributed by atoms with Crippen LogP contribution in [0.5, 0.6) is 0 Å². The van der Waals surface area contributed by atoms with E-state index in [0.29, 0.717) is 6.61 Å². The van der Waals surface area contributed by atoms with Gasteiger partial charge in [0.2, 0.25) is 0 Å². The van der Waals surface area contributed by atoms with E-state index in [9.17, 15) is 4.79 Å². The molecule has 1 rings (SSSR count). The lowest BCUT2D eigenvalue weighted by molar-refractivity contribution is -0.136. The van der Waals surface area contributed by atoms with Crippen molar-refractivity contribution in [2.24, 2.45) is 0 Å². The highest BCUT2D eigenvalue weighted by molar-refractivity contribution is 7.12. The molecule has 0 unspecified atom stereocenters. The van der Waals surface area contributed by atoms with Gasteiger partial charge in [-0.1, -0.05) is 6.58 Å². The Morgan fingerprint density at radius 3 is 3.00 bits per heavy atom. The van der Waals surface area contributed by atoms with E-state index in [1.165, 1.54) is 17.6 Å². The average Bonchev–Trinajstić information content (AvgIpc) is 2.70. The Bertz CT molecular complexity index is 362. The first kappa shape index (κ1) is 13.7. The maximum Gasteiger partial charge on any atom is 0.308 e. The normalized spacial score (nSPS) is 10.1. The number of carboxylic acid groups (broad SMARTS) is 1. The zero-order valence-electron chi connectivity index (χ0n) is 9.65. The number of hydrogen-bond donors (Lipinski definition) is 2. The van der Waals surface area contributed by atoms with E-state index in [1.807, 2.05) is 12.1 Å². The molecule has 0 atom stereocenters. The van der Waals surface area contributed by atoms with Gasteiger partial charge in [-0.25, -0.2) is 0 Å². The van der Waals surface area contributed by atoms with Crippen LogP contribution >= 0.6 is 11.3 Å². The monoisotopic (exact) mass is 255 g/mol. The third-order valence-corrected chi connectivity index (χ3v) is 3.16. The second-order valence-electron chi connectivity index (χ2n) is 3.51. The Kier molecular flexibility index (Phi) is 6.35. The van der Waals surface area contributed by atoms with E-state index in [4.69, 9.17) is 9.84 Å². The van der Waals surface area contributed by atoms with Crippen molar-refractivity contribution in [1.29, 1.82) is 0 Å². The molecule has 0 bridgehead atoms. The SMILES string of the molecule is C=COCCCNCc1ccc(CC(=O)O)s1. The van der Waals surface area contributed by atoms with Crippen LogP contribution in [0.1, 0.15) is 16.2 Å². The summed E-state index contributed by atoms with van der Waals surface area (Å²) in [6.07, 6.45) is 2.48. The molecule has 0 saturated carbocycles. The highest BCUT2D eigenvalue weighted by Crippen LogP contribution is 2.16. The largest absolute Gasteiger partial charge is 0.502 e. The van der Waals surface area contributed by atoms with Crippen LogP contribution in [0.25, 0.3) is 0 Å². The van der Waals surface area contributed by atoms with E-state index in [-0.39, 0.29) is 6.42 Å². The molecule has 0 aliphatic rings. The van der Waals surface area contributed by atoms with Crippen LogP contribution in [0.15, 0.2) is 25.0 Å². The molecule has 2 N–H and O–H groups in total. The molecule has 17 heavy (non-hydrogen) atoms. The molecule has 0 radical (unpaired) electrons. The lowest BCUT2D eigenvalue weighted by atomic mass is 10.3. The van der Waals surface area contributed by atoms with E-state index in [2.05, 4.69) is 11.9 Å². The summed E-state index contributed by atoms with van der Waals surface area (Å²) in [6.45, 7) is 5.79. The number of carbonyl (C=O) groups is 1. The van der Waals surface area contributed by atoms with E-state index in [0.717, 1.165) is 29.3 Å². The molecule has 94 valence electrons. The van der Waals surface area contributed by atoms with E-state index >= 15 is 0 Å². The van der Waals surface area contributed by atoms with E-state index < -0.39 is 5.97 Å². The van der Waals surface area contributed by atoms with Crippen molar-refractivity contribution in [2.45, 2.75) is 19.4 Å². The maximum absolute atomic E-state index is 10.5. The Morgan fingerprint density at radius 1 is 1.53 bits per heavy atom. The van der Waals surface area contributed by atoms with Crippen molar-refractivity contribution < 1.29 is 14.6 Å². The average molecular weight is 255 g/mol. The van der Waals surface area contributed by atoms with Gasteiger partial charge in [-0.15, -0.1) is 11.3 Å². The minimum Gasteiger partial charge on any atom is -0.502 e. The summed E-state index contributed by atoms with van der Waals surface area (Å²) < 4.78 is 4.99. The Morgan fingerprint density at radius 2 is 2.29 bits per heavy atom. The van der Waals surface area contributed by atoms with Crippen molar-refractivity contribution in [3.8, 4) is 0 Å². The predicted molar refractivity (Wildman–Crippen MR) is 68.1 cm³/mol. The lowest BCUT2D eigenvalue weighted by Crippen LogP contribution is -2.15. The molecule has 0 aliphatic carbocycles. The van der Waals surface area contributed by atoms with Crippen molar-refractivity contribution >= 4 is 17.3 Å². The van der Waals surface area contributed by atoms with Gasteiger partial charge < -0.3 is 15.2 Å². The lowest BCUT2D eigenvalue weighted by Gasteiger charge is -2.02. The molecular formula is C12H17NO3S. The minimum absolute atomic E-state index is 0.109. The highest BCUT2D eigenvalue weighted by atomic mass is 32.1. The van der Waals surface area contributed by atoms with Crippen LogP contribution in [-0.4, -0.2) is 24.2 Å². The van der Waals surface area contributed by atoms with Gasteiger partial charge in [0.1, 0.15) is 0 Å². The maximum atomic E-state index is 10.5. The van der Waals surface area contributed by atoms with Crippen LogP contribution in [-0.2, 0) is 22.5 Å². The number of rotatable bonds is 9. The number of carboxylic acids is 1. The van der Waals surface area contributed by atoms with Crippen LogP contribution in [0, 0.1) is 0 Å². The Balaban J connectivity index is 2.16. The number of nitrogens with one attached hydrogen (secondary N) is 1. The van der Waals surface area contributed by atoms with Gasteiger partial charge in [-0.05, 0) is 25.1 Å². The third-order valence-electron chi connectivity index (χ3n) is 2.08. The van der Waals surface area contributed by atoms with Crippen LogP contribution in [0.4, 0.5) is 0 Å². The predicted octanol–water partition coefficient (Wildman–Crippen LogP) is 2.02. The highest BCUT2D eigenvalue weighted by Gasteiger charge is 2.04. The molecule has 1 aromatic rings. The van der Waals surface area contributed by atoms with Crippen molar-refractivity contribution in [3.63, 3.8) is 0 Å². The summed E-state index contributed by atoms with van der Waals surface area (Å²) in [5.41, 5.74) is 0. The van der Waals surface area contributed by atoms with Gasteiger partial charge in [0.15, 0.2) is 0 Å². The van der Waals surface area contributed by atoms with Crippen LogP contribution in [0.3, 0.4) is 0 Å². The Labute approximate surface area is 105 Å². The minimum atomic E-state index is -0.784. The molecule has 1 aromatic heterocycles. The van der Waals surface area contributed by atoms with Gasteiger partial charge in [0.05, 0.1) is 19.3 Å². The summed E-state index contributed by atoms with van der Waals surface area (Å²) >= 11 is 1.54. The standard InChI is InChI=1S/C12H17NO3S/c1-2-16-7-3-6-13-9-11-5-4-10(17-11)8-12(14)15/h2,4-5,13H,1,3,6-9H2,(H,14,15). The fourth-order valence-corrected chi connectivity index (χ4v) is 2.32. The summed E-state index contributed by atoms with van der Waals surface area (Å²) in [4.78, 5) is 12.6. The number of aliphatic carboxylic acids is 1.